The van der Waals surface area contributed by atoms with E-state index in [1.807, 2.05) is 44.1 Å². The number of amides is 2. The number of anilines is 1. The number of carbonyl (C=O) groups excluding carboxylic acids is 2. The Morgan fingerprint density at radius 1 is 1.36 bits per heavy atom. The molecule has 1 N–H and O–H groups in total. The van der Waals surface area contributed by atoms with Gasteiger partial charge in [0.15, 0.2) is 0 Å². The summed E-state index contributed by atoms with van der Waals surface area (Å²) in [6.45, 7) is 4.36. The van der Waals surface area contributed by atoms with Crippen molar-refractivity contribution in [3.05, 3.63) is 23.8 Å². The van der Waals surface area contributed by atoms with Gasteiger partial charge in [-0.25, -0.2) is 0 Å². The molecule has 2 aliphatic rings. The summed E-state index contributed by atoms with van der Waals surface area (Å²) in [6, 6.07) is 5.96. The van der Waals surface area contributed by atoms with Crippen molar-refractivity contribution in [2.45, 2.75) is 32.7 Å². The maximum Gasteiger partial charge on any atom is 0.230 e. The molecule has 0 bridgehead atoms. The second-order valence-electron chi connectivity index (χ2n) is 6.74. The first-order valence-corrected chi connectivity index (χ1v) is 8.45. The van der Waals surface area contributed by atoms with Gasteiger partial charge in [0.1, 0.15) is 11.6 Å². The van der Waals surface area contributed by atoms with Crippen LogP contribution in [0.15, 0.2) is 23.3 Å². The van der Waals surface area contributed by atoms with Gasteiger partial charge < -0.3 is 15.0 Å². The summed E-state index contributed by atoms with van der Waals surface area (Å²) < 4.78 is 5.37. The minimum absolute atomic E-state index is 0.0668. The molecule has 1 aromatic carbocycles. The summed E-state index contributed by atoms with van der Waals surface area (Å²) in [5.41, 5.74) is 1.75. The summed E-state index contributed by atoms with van der Waals surface area (Å²) in [5.74, 6) is 0.697. The summed E-state index contributed by atoms with van der Waals surface area (Å²) in [6.07, 6.45) is 0.903. The van der Waals surface area contributed by atoms with E-state index in [9.17, 15) is 9.59 Å². The van der Waals surface area contributed by atoms with Crippen LogP contribution in [0.2, 0.25) is 0 Å². The lowest BCUT2D eigenvalue weighted by atomic mass is 10.1. The number of hydrazone groups is 1. The van der Waals surface area contributed by atoms with Crippen molar-refractivity contribution in [1.29, 1.82) is 0 Å². The molecule has 7 nitrogen and oxygen atoms in total. The number of ether oxygens (including phenoxy) is 1. The fourth-order valence-corrected chi connectivity index (χ4v) is 3.19. The van der Waals surface area contributed by atoms with E-state index in [0.717, 1.165) is 11.3 Å². The van der Waals surface area contributed by atoms with Crippen LogP contribution in [0.4, 0.5) is 5.69 Å². The number of nitrogens with zero attached hydrogens (tertiary/aromatic N) is 3. The summed E-state index contributed by atoms with van der Waals surface area (Å²) in [5, 5.41) is 9.02. The fraction of sp³-hybridized carbons (Fsp3) is 0.500. The Balaban J connectivity index is 1.71. The number of aryl methyl sites for hydroxylation is 1. The molecule has 25 heavy (non-hydrogen) atoms. The maximum atomic E-state index is 12.5. The second-order valence-corrected chi connectivity index (χ2v) is 6.74. The molecule has 2 aliphatic heterocycles. The Labute approximate surface area is 147 Å². The van der Waals surface area contributed by atoms with Crippen LogP contribution >= 0.6 is 0 Å². The number of amidine groups is 1. The minimum atomic E-state index is -0.387. The number of hydrogen-bond acceptors (Lipinski definition) is 5. The number of nitrogens with one attached hydrogen (secondary N) is 1. The van der Waals surface area contributed by atoms with Crippen LogP contribution in [0.25, 0.3) is 0 Å². The third-order valence-corrected chi connectivity index (χ3v) is 4.79. The normalized spacial score (nSPS) is 23.0. The number of hydrogen-bond donors (Lipinski definition) is 1. The largest absolute Gasteiger partial charge is 0.495 e. The van der Waals surface area contributed by atoms with E-state index in [4.69, 9.17) is 4.74 Å². The zero-order valence-electron chi connectivity index (χ0n) is 15.1. The molecule has 0 aliphatic carbocycles. The molecule has 1 aromatic rings. The fourth-order valence-electron chi connectivity index (χ4n) is 3.19. The molecule has 0 radical (unpaired) electrons. The number of rotatable bonds is 3. The van der Waals surface area contributed by atoms with E-state index in [1.165, 1.54) is 0 Å². The zero-order valence-corrected chi connectivity index (χ0v) is 15.1. The molecule has 0 unspecified atom stereocenters. The van der Waals surface area contributed by atoms with Gasteiger partial charge in [-0.2, -0.15) is 5.10 Å². The van der Waals surface area contributed by atoms with Gasteiger partial charge in [0, 0.05) is 26.4 Å². The molecular formula is C18H24N4O3. The Kier molecular flexibility index (Phi) is 4.65. The monoisotopic (exact) mass is 344 g/mol. The van der Waals surface area contributed by atoms with Crippen molar-refractivity contribution in [2.75, 3.05) is 25.6 Å². The second kappa shape index (κ2) is 6.74. The summed E-state index contributed by atoms with van der Waals surface area (Å²) in [7, 11) is 3.46. The summed E-state index contributed by atoms with van der Waals surface area (Å²) in [4.78, 5) is 26.6. The van der Waals surface area contributed by atoms with Gasteiger partial charge in [-0.05, 0) is 31.5 Å². The quantitative estimate of drug-likeness (QED) is 0.902. The van der Waals surface area contributed by atoms with Crippen LogP contribution in [-0.2, 0) is 9.59 Å². The highest BCUT2D eigenvalue weighted by atomic mass is 16.5. The SMILES string of the molecule is COc1ccc(C)cc1N1C[C@H](C(=O)NC2=NN(C)[C@H](C)C2)CC1=O. The van der Waals surface area contributed by atoms with E-state index in [0.29, 0.717) is 24.6 Å². The highest BCUT2D eigenvalue weighted by molar-refractivity contribution is 6.05. The van der Waals surface area contributed by atoms with E-state index < -0.39 is 0 Å². The Hall–Kier alpha value is -2.57. The highest BCUT2D eigenvalue weighted by Crippen LogP contribution is 2.34. The average molecular weight is 344 g/mol. The average Bonchev–Trinajstić information content (AvgIpc) is 3.10. The number of benzene rings is 1. The lowest BCUT2D eigenvalue weighted by Gasteiger charge is -2.20. The Morgan fingerprint density at radius 3 is 2.76 bits per heavy atom. The lowest BCUT2D eigenvalue weighted by molar-refractivity contribution is -0.125. The predicted molar refractivity (Wildman–Crippen MR) is 95.6 cm³/mol. The van der Waals surface area contributed by atoms with E-state index >= 15 is 0 Å². The smallest absolute Gasteiger partial charge is 0.230 e. The van der Waals surface area contributed by atoms with Gasteiger partial charge in [-0.1, -0.05) is 6.07 Å². The van der Waals surface area contributed by atoms with Crippen LogP contribution in [0.3, 0.4) is 0 Å². The van der Waals surface area contributed by atoms with Crippen molar-refractivity contribution >= 4 is 23.3 Å². The molecule has 0 saturated carbocycles. The van der Waals surface area contributed by atoms with Gasteiger partial charge in [-0.3, -0.25) is 14.6 Å². The van der Waals surface area contributed by atoms with E-state index in [1.54, 1.807) is 12.0 Å². The minimum Gasteiger partial charge on any atom is -0.495 e. The van der Waals surface area contributed by atoms with Crippen molar-refractivity contribution < 1.29 is 14.3 Å². The van der Waals surface area contributed by atoms with Gasteiger partial charge in [-0.15, -0.1) is 0 Å². The third-order valence-electron chi connectivity index (χ3n) is 4.79. The van der Waals surface area contributed by atoms with Crippen molar-refractivity contribution in [3.8, 4) is 5.75 Å². The molecule has 1 fully saturated rings. The predicted octanol–water partition coefficient (Wildman–Crippen LogP) is 1.51. The van der Waals surface area contributed by atoms with Gasteiger partial charge >= 0.3 is 0 Å². The molecular weight excluding hydrogens is 320 g/mol. The highest BCUT2D eigenvalue weighted by Gasteiger charge is 2.37. The van der Waals surface area contributed by atoms with E-state index in [-0.39, 0.29) is 30.2 Å². The Bertz CT molecular complexity index is 731. The van der Waals surface area contributed by atoms with Crippen LogP contribution in [0.1, 0.15) is 25.3 Å². The van der Waals surface area contributed by atoms with Gasteiger partial charge in [0.2, 0.25) is 11.8 Å². The topological polar surface area (TPSA) is 74.2 Å². The number of methoxy groups -OCH3 is 1. The zero-order chi connectivity index (χ0) is 18.1. The standard InChI is InChI=1S/C18H24N4O3/c1-11-5-6-15(25-4)14(7-11)22-10-13(9-17(22)23)18(24)19-16-8-12(2)21(3)20-16/h5-7,12-13H,8-10H2,1-4H3,(H,19,20,24)/t12-,13-/m1/s1. The first-order chi connectivity index (χ1) is 11.9. The number of carbonyl (C=O) groups is 2. The molecule has 7 heteroatoms. The molecule has 2 atom stereocenters. The summed E-state index contributed by atoms with van der Waals surface area (Å²) >= 11 is 0. The van der Waals surface area contributed by atoms with Crippen molar-refractivity contribution in [3.63, 3.8) is 0 Å². The van der Waals surface area contributed by atoms with Crippen molar-refractivity contribution in [1.82, 2.24) is 10.3 Å². The van der Waals surface area contributed by atoms with Crippen LogP contribution in [0.5, 0.6) is 5.75 Å². The van der Waals surface area contributed by atoms with E-state index in [2.05, 4.69) is 10.4 Å². The maximum absolute atomic E-state index is 12.5. The first kappa shape index (κ1) is 17.3. The Morgan fingerprint density at radius 2 is 2.12 bits per heavy atom. The lowest BCUT2D eigenvalue weighted by Crippen LogP contribution is -2.36. The molecule has 0 spiro atoms. The molecule has 134 valence electrons. The van der Waals surface area contributed by atoms with Gasteiger partial charge in [0.05, 0.1) is 24.8 Å². The van der Waals surface area contributed by atoms with Crippen LogP contribution in [-0.4, -0.2) is 49.4 Å². The molecule has 3 rings (SSSR count). The molecule has 1 saturated heterocycles. The first-order valence-electron chi connectivity index (χ1n) is 8.45. The molecule has 0 aromatic heterocycles. The molecule has 2 heterocycles. The van der Waals surface area contributed by atoms with Crippen LogP contribution < -0.4 is 15.0 Å². The van der Waals surface area contributed by atoms with Crippen molar-refractivity contribution in [2.24, 2.45) is 11.0 Å². The third kappa shape index (κ3) is 3.45. The van der Waals surface area contributed by atoms with Gasteiger partial charge in [0.25, 0.3) is 0 Å². The van der Waals surface area contributed by atoms with Crippen LogP contribution in [0, 0.1) is 12.8 Å². The molecule has 2 amide bonds.